The summed E-state index contributed by atoms with van der Waals surface area (Å²) in [5.41, 5.74) is 0.368. The second-order valence-electron chi connectivity index (χ2n) is 4.38. The summed E-state index contributed by atoms with van der Waals surface area (Å²) in [6, 6.07) is 9.73. The van der Waals surface area contributed by atoms with Gasteiger partial charge in [0.05, 0.1) is 31.0 Å². The van der Waals surface area contributed by atoms with Crippen molar-refractivity contribution in [1.29, 1.82) is 5.26 Å². The van der Waals surface area contributed by atoms with Gasteiger partial charge < -0.3 is 24.1 Å². The zero-order chi connectivity index (χ0) is 16.8. The number of esters is 1. The highest BCUT2D eigenvalue weighted by Crippen LogP contribution is 2.39. The first-order valence-electron chi connectivity index (χ1n) is 6.32. The molecule has 0 aromatic heterocycles. The van der Waals surface area contributed by atoms with Gasteiger partial charge in [-0.2, -0.15) is 5.26 Å². The average Bonchev–Trinajstić information content (AvgIpc) is 2.55. The first kappa shape index (κ1) is 17.6. The monoisotopic (exact) mass is 306 g/mol. The Morgan fingerprint density at radius 1 is 1.18 bits per heavy atom. The molecule has 0 aliphatic heterocycles. The number of carboxylic acid groups (broad SMARTS) is 1. The number of carbonyl (C=O) groups is 2. The lowest BCUT2D eigenvalue weighted by molar-refractivity contribution is -0.314. The number of carbonyl (C=O) groups excluding carboxylic acids is 2. The number of ether oxygens (including phenoxy) is 3. The Morgan fingerprint density at radius 2 is 1.73 bits per heavy atom. The summed E-state index contributed by atoms with van der Waals surface area (Å²) in [6.07, 6.45) is 0. The highest BCUT2D eigenvalue weighted by Gasteiger charge is 2.53. The molecular formula is C15H16NO6-. The fourth-order valence-corrected chi connectivity index (χ4v) is 2.33. The van der Waals surface area contributed by atoms with Gasteiger partial charge in [0, 0.05) is 14.2 Å². The molecule has 0 fully saturated rings. The molecule has 0 saturated heterocycles. The molecule has 0 unspecified atom stereocenters. The second kappa shape index (κ2) is 7.54. The maximum Gasteiger partial charge on any atom is 0.367 e. The minimum absolute atomic E-state index is 0.368. The molecule has 0 amide bonds. The highest BCUT2D eigenvalue weighted by molar-refractivity contribution is 5.82. The van der Waals surface area contributed by atoms with E-state index in [2.05, 4.69) is 4.74 Å². The van der Waals surface area contributed by atoms with Crippen molar-refractivity contribution in [2.75, 3.05) is 21.3 Å². The van der Waals surface area contributed by atoms with E-state index in [-0.39, 0.29) is 0 Å². The van der Waals surface area contributed by atoms with Gasteiger partial charge in [0.15, 0.2) is 0 Å². The summed E-state index contributed by atoms with van der Waals surface area (Å²) in [6.45, 7) is 0. The van der Waals surface area contributed by atoms with Crippen LogP contribution < -0.4 is 5.11 Å². The van der Waals surface area contributed by atoms with E-state index in [1.165, 1.54) is 14.2 Å². The number of carboxylic acids is 1. The minimum atomic E-state index is -2.09. The molecule has 22 heavy (non-hydrogen) atoms. The summed E-state index contributed by atoms with van der Waals surface area (Å²) in [7, 11) is 3.44. The van der Waals surface area contributed by atoms with E-state index < -0.39 is 29.6 Å². The van der Waals surface area contributed by atoms with Crippen molar-refractivity contribution < 1.29 is 28.9 Å². The lowest BCUT2D eigenvalue weighted by Crippen LogP contribution is -2.53. The lowest BCUT2D eigenvalue weighted by atomic mass is 9.80. The van der Waals surface area contributed by atoms with E-state index in [9.17, 15) is 20.0 Å². The highest BCUT2D eigenvalue weighted by atomic mass is 16.7. The van der Waals surface area contributed by atoms with Gasteiger partial charge in [0.2, 0.25) is 0 Å². The van der Waals surface area contributed by atoms with Crippen molar-refractivity contribution in [3.8, 4) is 6.07 Å². The average molecular weight is 306 g/mol. The number of benzene rings is 1. The van der Waals surface area contributed by atoms with Crippen molar-refractivity contribution in [2.24, 2.45) is 5.92 Å². The van der Waals surface area contributed by atoms with E-state index in [1.54, 1.807) is 36.4 Å². The third-order valence-electron chi connectivity index (χ3n) is 3.37. The van der Waals surface area contributed by atoms with Crippen molar-refractivity contribution in [2.45, 2.75) is 11.7 Å². The summed E-state index contributed by atoms with van der Waals surface area (Å²) in [5, 5.41) is 20.5. The van der Waals surface area contributed by atoms with Crippen molar-refractivity contribution in [3.63, 3.8) is 0 Å². The standard InChI is InChI=1S/C15H17NO6/c1-20-14(19)15(21-2,22-3)12(11(9-16)13(17)18)10-7-5-4-6-8-10/h4-8,11-12H,1-3H3,(H,17,18)/p-1/t11-,12-/m0/s1. The Balaban J connectivity index is 3.57. The first-order valence-corrected chi connectivity index (χ1v) is 6.32. The molecule has 7 nitrogen and oxygen atoms in total. The van der Waals surface area contributed by atoms with Crippen LogP contribution in [0.2, 0.25) is 0 Å². The number of nitriles is 1. The van der Waals surface area contributed by atoms with Crippen LogP contribution in [0.25, 0.3) is 0 Å². The molecule has 0 aliphatic rings. The van der Waals surface area contributed by atoms with Crippen molar-refractivity contribution in [1.82, 2.24) is 0 Å². The van der Waals surface area contributed by atoms with Crippen LogP contribution in [0.5, 0.6) is 0 Å². The van der Waals surface area contributed by atoms with Gasteiger partial charge in [0.1, 0.15) is 0 Å². The first-order chi connectivity index (χ1) is 10.5. The predicted octanol–water partition coefficient (Wildman–Crippen LogP) is -0.178. The second-order valence-corrected chi connectivity index (χ2v) is 4.38. The number of methoxy groups -OCH3 is 3. The molecule has 0 spiro atoms. The smallest absolute Gasteiger partial charge is 0.367 e. The van der Waals surface area contributed by atoms with E-state index in [0.29, 0.717) is 5.56 Å². The Kier molecular flexibility index (Phi) is 6.04. The Morgan fingerprint density at radius 3 is 2.09 bits per heavy atom. The van der Waals surface area contributed by atoms with Crippen LogP contribution in [0.3, 0.4) is 0 Å². The van der Waals surface area contributed by atoms with Crippen LogP contribution in [0.4, 0.5) is 0 Å². The number of hydrogen-bond acceptors (Lipinski definition) is 7. The number of hydrogen-bond donors (Lipinski definition) is 0. The third-order valence-corrected chi connectivity index (χ3v) is 3.37. The number of nitrogens with zero attached hydrogens (tertiary/aromatic N) is 1. The normalized spacial score (nSPS) is 13.7. The molecule has 0 N–H and O–H groups in total. The molecule has 0 saturated carbocycles. The van der Waals surface area contributed by atoms with Crippen molar-refractivity contribution in [3.05, 3.63) is 35.9 Å². The van der Waals surface area contributed by atoms with Crippen molar-refractivity contribution >= 4 is 11.9 Å². The molecule has 0 bridgehead atoms. The maximum atomic E-state index is 12.2. The molecule has 1 aromatic rings. The molecule has 0 radical (unpaired) electrons. The topological polar surface area (TPSA) is 109 Å². The van der Waals surface area contributed by atoms with Gasteiger partial charge in [-0.05, 0) is 5.56 Å². The fraction of sp³-hybridized carbons (Fsp3) is 0.400. The maximum absolute atomic E-state index is 12.2. The van der Waals surface area contributed by atoms with Crippen LogP contribution in [0.1, 0.15) is 11.5 Å². The molecule has 0 heterocycles. The Labute approximate surface area is 128 Å². The van der Waals surface area contributed by atoms with Gasteiger partial charge >= 0.3 is 5.97 Å². The molecule has 1 aromatic carbocycles. The zero-order valence-electron chi connectivity index (χ0n) is 12.4. The number of rotatable bonds is 7. The van der Waals surface area contributed by atoms with Crippen LogP contribution in [-0.2, 0) is 23.8 Å². The molecule has 0 aliphatic carbocycles. The third kappa shape index (κ3) is 3.08. The van der Waals surface area contributed by atoms with Gasteiger partial charge in [-0.15, -0.1) is 0 Å². The largest absolute Gasteiger partial charge is 0.549 e. The van der Waals surface area contributed by atoms with E-state index >= 15 is 0 Å². The quantitative estimate of drug-likeness (QED) is 0.508. The van der Waals surface area contributed by atoms with Gasteiger partial charge in [0.25, 0.3) is 5.79 Å². The molecule has 118 valence electrons. The van der Waals surface area contributed by atoms with Crippen LogP contribution in [0, 0.1) is 17.2 Å². The summed E-state index contributed by atoms with van der Waals surface area (Å²) < 4.78 is 15.0. The van der Waals surface area contributed by atoms with E-state index in [0.717, 1.165) is 7.11 Å². The van der Waals surface area contributed by atoms with Gasteiger partial charge in [-0.1, -0.05) is 30.3 Å². The zero-order valence-corrected chi connectivity index (χ0v) is 12.4. The van der Waals surface area contributed by atoms with Gasteiger partial charge in [-0.25, -0.2) is 4.79 Å². The van der Waals surface area contributed by atoms with E-state index in [4.69, 9.17) is 9.47 Å². The SMILES string of the molecule is COC(=O)C(OC)(OC)[C@@H](c1ccccc1)[C@H](C#N)C(=O)[O-]. The van der Waals surface area contributed by atoms with Crippen LogP contribution in [0.15, 0.2) is 30.3 Å². The fourth-order valence-electron chi connectivity index (χ4n) is 2.33. The molecular weight excluding hydrogens is 290 g/mol. The number of aliphatic carboxylic acids is 1. The van der Waals surface area contributed by atoms with E-state index in [1.807, 2.05) is 0 Å². The lowest BCUT2D eigenvalue weighted by Gasteiger charge is -2.38. The Bertz CT molecular complexity index is 561. The predicted molar refractivity (Wildman–Crippen MR) is 72.1 cm³/mol. The summed E-state index contributed by atoms with van der Waals surface area (Å²) in [5.74, 6) is -7.63. The molecule has 1 rings (SSSR count). The molecule has 2 atom stereocenters. The van der Waals surface area contributed by atoms with Crippen LogP contribution in [-0.4, -0.2) is 39.1 Å². The minimum Gasteiger partial charge on any atom is -0.549 e. The van der Waals surface area contributed by atoms with Crippen LogP contribution >= 0.6 is 0 Å². The summed E-state index contributed by atoms with van der Waals surface area (Å²) in [4.78, 5) is 23.5. The van der Waals surface area contributed by atoms with Gasteiger partial charge in [-0.3, -0.25) is 0 Å². The summed E-state index contributed by atoms with van der Waals surface area (Å²) >= 11 is 0. The molecule has 7 heteroatoms. The Hall–Kier alpha value is -2.43.